The van der Waals surface area contributed by atoms with Crippen LogP contribution in [0.25, 0.3) is 4.96 Å². The van der Waals surface area contributed by atoms with Crippen molar-refractivity contribution in [3.63, 3.8) is 0 Å². The minimum absolute atomic E-state index is 0.715. The number of hydrogen-bond donors (Lipinski definition) is 1. The molecule has 0 bridgehead atoms. The molecule has 3 nitrogen and oxygen atoms in total. The highest BCUT2D eigenvalue weighted by Crippen LogP contribution is 2.24. The van der Waals surface area contributed by atoms with E-state index in [-0.39, 0.29) is 0 Å². The fraction of sp³-hybridized carbons (Fsp3) is 0.214. The van der Waals surface area contributed by atoms with Crippen LogP contribution in [-0.4, -0.2) is 9.38 Å². The monoisotopic (exact) mass is 291 g/mol. The molecule has 3 rings (SSSR count). The molecule has 0 aliphatic rings. The van der Waals surface area contributed by atoms with Gasteiger partial charge in [0.2, 0.25) is 0 Å². The van der Waals surface area contributed by atoms with Crippen molar-refractivity contribution in [1.29, 1.82) is 0 Å². The molecule has 2 aromatic heterocycles. The average Bonchev–Trinajstić information content (AvgIpc) is 2.84. The number of anilines is 1. The van der Waals surface area contributed by atoms with E-state index in [0.717, 1.165) is 21.4 Å². The van der Waals surface area contributed by atoms with Gasteiger partial charge in [-0.25, -0.2) is 4.98 Å². The Bertz CT molecular complexity index is 729. The number of rotatable bonds is 3. The van der Waals surface area contributed by atoms with Crippen molar-refractivity contribution in [2.45, 2.75) is 20.4 Å². The summed E-state index contributed by atoms with van der Waals surface area (Å²) in [6, 6.07) is 7.77. The molecular weight excluding hydrogens is 278 g/mol. The summed E-state index contributed by atoms with van der Waals surface area (Å²) < 4.78 is 2.15. The molecule has 0 saturated heterocycles. The minimum atomic E-state index is 0.715. The number of aryl methyl sites for hydroxylation is 2. The van der Waals surface area contributed by atoms with Crippen molar-refractivity contribution in [1.82, 2.24) is 9.38 Å². The summed E-state index contributed by atoms with van der Waals surface area (Å²) in [5.74, 6) is 0. The molecule has 0 atom stereocenters. The van der Waals surface area contributed by atoms with Crippen molar-refractivity contribution in [3.8, 4) is 0 Å². The number of nitrogens with one attached hydrogen (secondary N) is 1. The zero-order chi connectivity index (χ0) is 13.4. The summed E-state index contributed by atoms with van der Waals surface area (Å²) in [5.41, 5.74) is 3.19. The maximum atomic E-state index is 6.14. The van der Waals surface area contributed by atoms with Gasteiger partial charge in [0, 0.05) is 11.1 Å². The average molecular weight is 292 g/mol. The fourth-order valence-corrected chi connectivity index (χ4v) is 3.20. The predicted octanol–water partition coefficient (Wildman–Crippen LogP) is 4.28. The molecule has 1 aromatic carbocycles. The first-order chi connectivity index (χ1) is 9.15. The lowest BCUT2D eigenvalue weighted by atomic mass is 10.3. The quantitative estimate of drug-likeness (QED) is 0.780. The first-order valence-electron chi connectivity index (χ1n) is 6.07. The van der Waals surface area contributed by atoms with Gasteiger partial charge in [-0.2, -0.15) is 0 Å². The third-order valence-electron chi connectivity index (χ3n) is 3.06. The van der Waals surface area contributed by atoms with Crippen LogP contribution in [0.5, 0.6) is 0 Å². The first-order valence-corrected chi connectivity index (χ1v) is 7.27. The highest BCUT2D eigenvalue weighted by atomic mass is 35.5. The maximum Gasteiger partial charge on any atom is 0.194 e. The van der Waals surface area contributed by atoms with E-state index in [9.17, 15) is 0 Å². The van der Waals surface area contributed by atoms with Gasteiger partial charge >= 0.3 is 0 Å². The van der Waals surface area contributed by atoms with Crippen LogP contribution >= 0.6 is 22.9 Å². The number of halogens is 1. The van der Waals surface area contributed by atoms with Crippen LogP contribution in [0.1, 0.15) is 16.3 Å². The zero-order valence-electron chi connectivity index (χ0n) is 10.8. The Morgan fingerprint density at radius 3 is 2.89 bits per heavy atom. The molecule has 0 fully saturated rings. The van der Waals surface area contributed by atoms with Gasteiger partial charge in [0.1, 0.15) is 0 Å². The van der Waals surface area contributed by atoms with Crippen LogP contribution < -0.4 is 5.32 Å². The molecule has 0 aliphatic carbocycles. The third kappa shape index (κ3) is 2.33. The SMILES string of the molecule is Cc1cn2c(CNc3ccccc3Cl)c(C)nc2s1. The molecule has 19 heavy (non-hydrogen) atoms. The second-order valence-corrected chi connectivity index (χ2v) is 6.09. The molecule has 0 amide bonds. The summed E-state index contributed by atoms with van der Waals surface area (Å²) in [7, 11) is 0. The molecule has 1 N–H and O–H groups in total. The van der Waals surface area contributed by atoms with Crippen LogP contribution in [0.15, 0.2) is 30.5 Å². The molecular formula is C14H14ClN3S. The van der Waals surface area contributed by atoms with Gasteiger partial charge in [-0.3, -0.25) is 4.40 Å². The van der Waals surface area contributed by atoms with E-state index in [1.54, 1.807) is 11.3 Å². The van der Waals surface area contributed by atoms with Gasteiger partial charge in [0.05, 0.1) is 28.6 Å². The summed E-state index contributed by atoms with van der Waals surface area (Å²) in [6.07, 6.45) is 2.13. The Balaban J connectivity index is 1.89. The Labute approximate surface area is 120 Å². The molecule has 2 heterocycles. The number of nitrogens with zero attached hydrogens (tertiary/aromatic N) is 2. The van der Waals surface area contributed by atoms with Crippen LogP contribution in [0.4, 0.5) is 5.69 Å². The van der Waals surface area contributed by atoms with Crippen LogP contribution in [0, 0.1) is 13.8 Å². The summed E-state index contributed by atoms with van der Waals surface area (Å²) in [5, 5.41) is 4.11. The molecule has 0 radical (unpaired) electrons. The van der Waals surface area contributed by atoms with Gasteiger partial charge in [-0.05, 0) is 26.0 Å². The number of para-hydroxylation sites is 1. The first kappa shape index (κ1) is 12.5. The number of benzene rings is 1. The van der Waals surface area contributed by atoms with Crippen LogP contribution in [0.3, 0.4) is 0 Å². The lowest BCUT2D eigenvalue weighted by Gasteiger charge is -2.08. The standard InChI is InChI=1S/C14H14ClN3S/c1-9-8-18-13(10(2)17-14(18)19-9)7-16-12-6-4-3-5-11(12)15/h3-6,8,16H,7H2,1-2H3. The second kappa shape index (κ2) is 4.87. The van der Waals surface area contributed by atoms with Gasteiger partial charge in [-0.1, -0.05) is 23.7 Å². The lowest BCUT2D eigenvalue weighted by Crippen LogP contribution is -2.03. The van der Waals surface area contributed by atoms with Crippen molar-refractivity contribution < 1.29 is 0 Å². The van der Waals surface area contributed by atoms with Crippen molar-refractivity contribution in [2.24, 2.45) is 0 Å². The highest BCUT2D eigenvalue weighted by molar-refractivity contribution is 7.17. The maximum absolute atomic E-state index is 6.14. The van der Waals surface area contributed by atoms with Gasteiger partial charge in [0.15, 0.2) is 4.96 Å². The van der Waals surface area contributed by atoms with E-state index in [4.69, 9.17) is 11.6 Å². The third-order valence-corrected chi connectivity index (χ3v) is 4.29. The Morgan fingerprint density at radius 1 is 1.32 bits per heavy atom. The van der Waals surface area contributed by atoms with Gasteiger partial charge in [0.25, 0.3) is 0 Å². The van der Waals surface area contributed by atoms with E-state index in [0.29, 0.717) is 6.54 Å². The zero-order valence-corrected chi connectivity index (χ0v) is 12.3. The van der Waals surface area contributed by atoms with Crippen LogP contribution in [-0.2, 0) is 6.54 Å². The molecule has 0 aliphatic heterocycles. The number of imidazole rings is 1. The molecule has 3 aromatic rings. The van der Waals surface area contributed by atoms with E-state index in [1.807, 2.05) is 31.2 Å². The number of thiazole rings is 1. The van der Waals surface area contributed by atoms with E-state index in [2.05, 4.69) is 27.8 Å². The predicted molar refractivity (Wildman–Crippen MR) is 81.3 cm³/mol. The summed E-state index contributed by atoms with van der Waals surface area (Å²) in [6.45, 7) is 4.85. The minimum Gasteiger partial charge on any atom is -0.378 e. The summed E-state index contributed by atoms with van der Waals surface area (Å²) >= 11 is 7.85. The number of hydrogen-bond acceptors (Lipinski definition) is 3. The highest BCUT2D eigenvalue weighted by Gasteiger charge is 2.11. The molecule has 0 saturated carbocycles. The molecule has 5 heteroatoms. The Hall–Kier alpha value is -1.52. The Morgan fingerprint density at radius 2 is 2.11 bits per heavy atom. The van der Waals surface area contributed by atoms with Gasteiger partial charge in [-0.15, -0.1) is 11.3 Å². The largest absolute Gasteiger partial charge is 0.378 e. The lowest BCUT2D eigenvalue weighted by molar-refractivity contribution is 0.991. The van der Waals surface area contributed by atoms with Crippen LogP contribution in [0.2, 0.25) is 5.02 Å². The number of fused-ring (bicyclic) bond motifs is 1. The van der Waals surface area contributed by atoms with E-state index >= 15 is 0 Å². The normalized spacial score (nSPS) is 11.1. The smallest absolute Gasteiger partial charge is 0.194 e. The molecule has 0 spiro atoms. The topological polar surface area (TPSA) is 29.3 Å². The summed E-state index contributed by atoms with van der Waals surface area (Å²) in [4.78, 5) is 6.89. The number of aromatic nitrogens is 2. The second-order valence-electron chi connectivity index (χ2n) is 4.47. The van der Waals surface area contributed by atoms with Gasteiger partial charge < -0.3 is 5.32 Å². The van der Waals surface area contributed by atoms with Crippen molar-refractivity contribution in [3.05, 3.63) is 51.7 Å². The molecule has 0 unspecified atom stereocenters. The Kier molecular flexibility index (Phi) is 3.21. The van der Waals surface area contributed by atoms with Crippen molar-refractivity contribution >= 4 is 33.6 Å². The molecule has 98 valence electrons. The van der Waals surface area contributed by atoms with E-state index < -0.39 is 0 Å². The van der Waals surface area contributed by atoms with Crippen molar-refractivity contribution in [2.75, 3.05) is 5.32 Å². The fourth-order valence-electron chi connectivity index (χ4n) is 2.11. The van der Waals surface area contributed by atoms with E-state index in [1.165, 1.54) is 10.6 Å².